The molecule has 1 unspecified atom stereocenters. The highest BCUT2D eigenvalue weighted by Crippen LogP contribution is 2.28. The van der Waals surface area contributed by atoms with Crippen molar-refractivity contribution in [2.24, 2.45) is 0 Å². The molecule has 0 saturated carbocycles. The van der Waals surface area contributed by atoms with Crippen molar-refractivity contribution in [2.45, 2.75) is 13.2 Å². The second kappa shape index (κ2) is 5.75. The normalized spacial score (nSPS) is 11.8. The van der Waals surface area contributed by atoms with Gasteiger partial charge in [-0.3, -0.25) is 0 Å². The van der Waals surface area contributed by atoms with Gasteiger partial charge < -0.3 is 0 Å². The van der Waals surface area contributed by atoms with E-state index in [9.17, 15) is 13.3 Å². The van der Waals surface area contributed by atoms with Crippen molar-refractivity contribution < 1.29 is 22.4 Å². The molecule has 3 nitrogen and oxygen atoms in total. The second-order valence-corrected chi connectivity index (χ2v) is 3.26. The molecule has 0 fully saturated rings. The maximum Gasteiger partial charge on any atom is 0.703 e. The zero-order chi connectivity index (χ0) is 10.4. The molecule has 0 bridgehead atoms. The van der Waals surface area contributed by atoms with Gasteiger partial charge in [-0.2, -0.15) is 8.78 Å². The first kappa shape index (κ1) is 11.2. The van der Waals surface area contributed by atoms with Crippen molar-refractivity contribution >= 4 is 8.25 Å². The van der Waals surface area contributed by atoms with Gasteiger partial charge in [0.1, 0.15) is 6.61 Å². The molecule has 6 heteroatoms. The van der Waals surface area contributed by atoms with Gasteiger partial charge in [0.25, 0.3) is 0 Å². The lowest BCUT2D eigenvalue weighted by atomic mass is 10.2. The van der Waals surface area contributed by atoms with Crippen LogP contribution in [0.1, 0.15) is 5.56 Å². The highest BCUT2D eigenvalue weighted by atomic mass is 31.1. The van der Waals surface area contributed by atoms with E-state index >= 15 is 0 Å². The van der Waals surface area contributed by atoms with Crippen LogP contribution in [0.4, 0.5) is 8.78 Å². The van der Waals surface area contributed by atoms with Crippen LogP contribution in [0.2, 0.25) is 0 Å². The van der Waals surface area contributed by atoms with E-state index in [1.807, 2.05) is 0 Å². The first-order valence-corrected chi connectivity index (χ1v) is 4.87. The molecule has 0 amide bonds. The number of benzene rings is 1. The van der Waals surface area contributed by atoms with E-state index in [4.69, 9.17) is 0 Å². The number of halogens is 2. The molecule has 0 aliphatic heterocycles. The van der Waals surface area contributed by atoms with Gasteiger partial charge in [0, 0.05) is 4.57 Å². The first-order valence-electron chi connectivity index (χ1n) is 3.77. The Kier molecular flexibility index (Phi) is 4.59. The molecule has 1 aromatic rings. The molecular weight excluding hydrogens is 213 g/mol. The summed E-state index contributed by atoms with van der Waals surface area (Å²) in [5.74, 6) is 0. The first-order chi connectivity index (χ1) is 6.68. The SMILES string of the molecule is O=[P+](OCc1ccccc1)OC(F)F. The number of alkyl halides is 2. The Morgan fingerprint density at radius 3 is 2.50 bits per heavy atom. The molecule has 0 aromatic heterocycles. The van der Waals surface area contributed by atoms with Gasteiger partial charge in [-0.25, -0.2) is 0 Å². The lowest BCUT2D eigenvalue weighted by Crippen LogP contribution is -1.92. The van der Waals surface area contributed by atoms with Crippen molar-refractivity contribution in [1.82, 2.24) is 0 Å². The van der Waals surface area contributed by atoms with E-state index in [1.165, 1.54) is 0 Å². The van der Waals surface area contributed by atoms with Crippen LogP contribution in [-0.2, 0) is 20.2 Å². The zero-order valence-electron chi connectivity index (χ0n) is 7.10. The molecule has 0 saturated heterocycles. The fourth-order valence-corrected chi connectivity index (χ4v) is 1.24. The van der Waals surface area contributed by atoms with Gasteiger partial charge in [-0.05, 0) is 10.1 Å². The maximum atomic E-state index is 11.5. The van der Waals surface area contributed by atoms with Gasteiger partial charge in [0.2, 0.25) is 0 Å². The minimum Gasteiger partial charge on any atom is -0.174 e. The van der Waals surface area contributed by atoms with Crippen LogP contribution in [0.15, 0.2) is 30.3 Å². The van der Waals surface area contributed by atoms with Crippen LogP contribution >= 0.6 is 8.25 Å². The largest absolute Gasteiger partial charge is 0.703 e. The van der Waals surface area contributed by atoms with E-state index in [1.54, 1.807) is 30.3 Å². The average molecular weight is 221 g/mol. The molecule has 1 rings (SSSR count). The van der Waals surface area contributed by atoms with Crippen LogP contribution in [-0.4, -0.2) is 6.61 Å². The number of rotatable bonds is 5. The minimum absolute atomic E-state index is 0.0111. The highest BCUT2D eigenvalue weighted by molar-refractivity contribution is 7.33. The minimum atomic E-state index is -3.07. The van der Waals surface area contributed by atoms with Gasteiger partial charge in [0.15, 0.2) is 0 Å². The molecule has 0 spiro atoms. The summed E-state index contributed by atoms with van der Waals surface area (Å²) in [6.45, 7) is -3.09. The molecule has 14 heavy (non-hydrogen) atoms. The molecule has 1 atom stereocenters. The monoisotopic (exact) mass is 221 g/mol. The van der Waals surface area contributed by atoms with Crippen LogP contribution < -0.4 is 0 Å². The Hall–Kier alpha value is -0.900. The summed E-state index contributed by atoms with van der Waals surface area (Å²) in [5, 5.41) is 0. The summed E-state index contributed by atoms with van der Waals surface area (Å²) >= 11 is 0. The second-order valence-electron chi connectivity index (χ2n) is 2.35. The Morgan fingerprint density at radius 2 is 1.93 bits per heavy atom. The van der Waals surface area contributed by atoms with Crippen LogP contribution in [0, 0.1) is 0 Å². The Morgan fingerprint density at radius 1 is 1.29 bits per heavy atom. The van der Waals surface area contributed by atoms with E-state index in [2.05, 4.69) is 9.05 Å². The summed E-state index contributed by atoms with van der Waals surface area (Å²) in [6.07, 6.45) is 0. The van der Waals surface area contributed by atoms with E-state index < -0.39 is 14.9 Å². The molecule has 0 heterocycles. The van der Waals surface area contributed by atoms with Crippen molar-refractivity contribution in [3.63, 3.8) is 0 Å². The summed E-state index contributed by atoms with van der Waals surface area (Å²) < 4.78 is 41.9. The van der Waals surface area contributed by atoms with E-state index in [-0.39, 0.29) is 6.61 Å². The maximum absolute atomic E-state index is 11.5. The standard InChI is InChI=1S/C8H8F2O3P/c9-8(10)13-14(11)12-6-7-4-2-1-3-5-7/h1-5,8H,6H2/q+1. The van der Waals surface area contributed by atoms with Crippen molar-refractivity contribution in [2.75, 3.05) is 0 Å². The van der Waals surface area contributed by atoms with Gasteiger partial charge in [0.05, 0.1) is 0 Å². The molecule has 0 radical (unpaired) electrons. The lowest BCUT2D eigenvalue weighted by molar-refractivity contribution is -0.0545. The molecule has 76 valence electrons. The summed E-state index contributed by atoms with van der Waals surface area (Å²) in [7, 11) is -2.74. The van der Waals surface area contributed by atoms with Gasteiger partial charge in [-0.1, -0.05) is 30.3 Å². The smallest absolute Gasteiger partial charge is 0.174 e. The van der Waals surface area contributed by atoms with E-state index in [0.717, 1.165) is 5.56 Å². The summed E-state index contributed by atoms with van der Waals surface area (Å²) in [6, 6.07) is 8.79. The zero-order valence-corrected chi connectivity index (χ0v) is 7.99. The quantitative estimate of drug-likeness (QED) is 0.716. The molecule has 0 N–H and O–H groups in total. The molecule has 1 aromatic carbocycles. The highest BCUT2D eigenvalue weighted by Gasteiger charge is 2.26. The Labute approximate surface area is 80.6 Å². The third-order valence-electron chi connectivity index (χ3n) is 1.35. The number of hydrogen-bond acceptors (Lipinski definition) is 3. The Balaban J connectivity index is 2.31. The molecular formula is C8H8F2O3P+. The van der Waals surface area contributed by atoms with E-state index in [0.29, 0.717) is 0 Å². The topological polar surface area (TPSA) is 35.5 Å². The predicted molar refractivity (Wildman–Crippen MR) is 45.9 cm³/mol. The summed E-state index contributed by atoms with van der Waals surface area (Å²) in [5.41, 5.74) is 0.744. The third-order valence-corrected chi connectivity index (χ3v) is 2.02. The van der Waals surface area contributed by atoms with Crippen molar-refractivity contribution in [3.05, 3.63) is 35.9 Å². The van der Waals surface area contributed by atoms with Gasteiger partial charge >= 0.3 is 14.9 Å². The fraction of sp³-hybridized carbons (Fsp3) is 0.250. The van der Waals surface area contributed by atoms with Crippen LogP contribution in [0.3, 0.4) is 0 Å². The molecule has 0 aliphatic rings. The third kappa shape index (κ3) is 4.37. The van der Waals surface area contributed by atoms with Crippen LogP contribution in [0.25, 0.3) is 0 Å². The van der Waals surface area contributed by atoms with Crippen LogP contribution in [0.5, 0.6) is 0 Å². The summed E-state index contributed by atoms with van der Waals surface area (Å²) in [4.78, 5) is 0. The van der Waals surface area contributed by atoms with Crippen molar-refractivity contribution in [1.29, 1.82) is 0 Å². The van der Waals surface area contributed by atoms with Gasteiger partial charge in [-0.15, -0.1) is 4.52 Å². The van der Waals surface area contributed by atoms with Crippen molar-refractivity contribution in [3.8, 4) is 0 Å². The Bertz CT molecular complexity index is 292. The predicted octanol–water partition coefficient (Wildman–Crippen LogP) is 3.10. The average Bonchev–Trinajstić information content (AvgIpc) is 2.15. The lowest BCUT2D eigenvalue weighted by Gasteiger charge is -1.92. The number of hydrogen-bond donors (Lipinski definition) is 0. The molecule has 0 aliphatic carbocycles. The fourth-order valence-electron chi connectivity index (χ4n) is 0.797.